The zero-order chi connectivity index (χ0) is 14.1. The Balaban J connectivity index is 3.01. The van der Waals surface area contributed by atoms with Crippen LogP contribution in [0.2, 0.25) is 25.2 Å². The quantitative estimate of drug-likeness (QED) is 0.526. The summed E-state index contributed by atoms with van der Waals surface area (Å²) in [5.74, 6) is 2.56. The van der Waals surface area contributed by atoms with Gasteiger partial charge in [-0.05, 0) is 50.8 Å². The van der Waals surface area contributed by atoms with Gasteiger partial charge in [0, 0.05) is 12.0 Å². The molecule has 0 heterocycles. The highest BCUT2D eigenvalue weighted by atomic mass is 28.3. The normalized spacial score (nSPS) is 19.3. The second-order valence-electron chi connectivity index (χ2n) is 6.66. The van der Waals surface area contributed by atoms with Gasteiger partial charge in [-0.1, -0.05) is 30.8 Å². The first-order valence-electron chi connectivity index (χ1n) is 6.76. The monoisotopic (exact) mass is 262 g/mol. The summed E-state index contributed by atoms with van der Waals surface area (Å²) in [7, 11) is -1.34. The van der Waals surface area contributed by atoms with Crippen molar-refractivity contribution in [3.8, 4) is 0 Å². The molecule has 0 aromatic rings. The van der Waals surface area contributed by atoms with Gasteiger partial charge in [0.2, 0.25) is 0 Å². The van der Waals surface area contributed by atoms with E-state index in [0.29, 0.717) is 11.5 Å². The molecule has 1 aliphatic rings. The lowest BCUT2D eigenvalue weighted by Crippen LogP contribution is -2.29. The van der Waals surface area contributed by atoms with Crippen molar-refractivity contribution < 1.29 is 4.79 Å². The van der Waals surface area contributed by atoms with Crippen LogP contribution in [0.1, 0.15) is 34.1 Å². The summed E-state index contributed by atoms with van der Waals surface area (Å²) < 4.78 is 0. The Bertz CT molecular complexity index is 418. The summed E-state index contributed by atoms with van der Waals surface area (Å²) in [6, 6.07) is 0. The van der Waals surface area contributed by atoms with Crippen LogP contribution >= 0.6 is 0 Å². The molecule has 100 valence electrons. The minimum absolute atomic E-state index is 0.420. The van der Waals surface area contributed by atoms with Crippen LogP contribution in [0.5, 0.6) is 0 Å². The van der Waals surface area contributed by atoms with Crippen LogP contribution in [-0.2, 0) is 4.79 Å². The summed E-state index contributed by atoms with van der Waals surface area (Å²) >= 11 is 0. The molecule has 0 amide bonds. The Hall–Kier alpha value is -0.853. The minimum Gasteiger partial charge on any atom is -0.234 e. The minimum atomic E-state index is -1.34. The van der Waals surface area contributed by atoms with Gasteiger partial charge in [-0.3, -0.25) is 0 Å². The SMILES string of the molecule is CC1=C(C)C(CC(C=C=O)[Si](C)(C)C)C(C)=C1C. The van der Waals surface area contributed by atoms with Crippen molar-refractivity contribution in [2.45, 2.75) is 59.3 Å². The first-order valence-corrected chi connectivity index (χ1v) is 10.3. The lowest BCUT2D eigenvalue weighted by atomic mass is 9.91. The molecule has 0 aromatic carbocycles. The number of hydrogen-bond donors (Lipinski definition) is 0. The molecule has 0 spiro atoms. The third kappa shape index (κ3) is 2.93. The molecule has 1 atom stereocenters. The molecular weight excluding hydrogens is 236 g/mol. The maximum atomic E-state index is 10.7. The van der Waals surface area contributed by atoms with Crippen LogP contribution in [0.3, 0.4) is 0 Å². The predicted octanol–water partition coefficient (Wildman–Crippen LogP) is 4.78. The Morgan fingerprint density at radius 3 is 1.89 bits per heavy atom. The van der Waals surface area contributed by atoms with Crippen molar-refractivity contribution in [2.24, 2.45) is 5.92 Å². The van der Waals surface area contributed by atoms with Gasteiger partial charge >= 0.3 is 0 Å². The highest BCUT2D eigenvalue weighted by molar-refractivity contribution is 6.78. The van der Waals surface area contributed by atoms with Crippen molar-refractivity contribution >= 4 is 14.0 Å². The number of hydrogen-bond acceptors (Lipinski definition) is 1. The third-order valence-electron chi connectivity index (χ3n) is 4.66. The number of rotatable bonds is 4. The smallest absolute Gasteiger partial charge is 0.120 e. The molecule has 0 bridgehead atoms. The van der Waals surface area contributed by atoms with E-state index in [4.69, 9.17) is 0 Å². The van der Waals surface area contributed by atoms with E-state index in [0.717, 1.165) is 6.42 Å². The van der Waals surface area contributed by atoms with Crippen molar-refractivity contribution in [1.29, 1.82) is 0 Å². The molecule has 0 saturated heterocycles. The largest absolute Gasteiger partial charge is 0.234 e. The van der Waals surface area contributed by atoms with E-state index in [9.17, 15) is 4.79 Å². The van der Waals surface area contributed by atoms with Gasteiger partial charge in [0.1, 0.15) is 5.94 Å². The molecular formula is C16H26OSi. The fourth-order valence-electron chi connectivity index (χ4n) is 2.80. The Morgan fingerprint density at radius 2 is 1.56 bits per heavy atom. The van der Waals surface area contributed by atoms with Crippen LogP contribution in [-0.4, -0.2) is 14.0 Å². The predicted molar refractivity (Wildman–Crippen MR) is 82.2 cm³/mol. The van der Waals surface area contributed by atoms with Gasteiger partial charge in [-0.15, -0.1) is 0 Å². The summed E-state index contributed by atoms with van der Waals surface area (Å²) in [5, 5.41) is 0. The maximum absolute atomic E-state index is 10.7. The average Bonchev–Trinajstić information content (AvgIpc) is 2.44. The van der Waals surface area contributed by atoms with Crippen molar-refractivity contribution in [3.63, 3.8) is 0 Å². The maximum Gasteiger partial charge on any atom is 0.120 e. The second-order valence-corrected chi connectivity index (χ2v) is 12.1. The Kier molecular flexibility index (Phi) is 4.58. The van der Waals surface area contributed by atoms with Gasteiger partial charge in [-0.2, -0.15) is 0 Å². The van der Waals surface area contributed by atoms with Gasteiger partial charge in [-0.25, -0.2) is 4.79 Å². The van der Waals surface area contributed by atoms with Crippen LogP contribution in [0, 0.1) is 5.92 Å². The van der Waals surface area contributed by atoms with Crippen LogP contribution < -0.4 is 0 Å². The van der Waals surface area contributed by atoms with Gasteiger partial charge < -0.3 is 0 Å². The van der Waals surface area contributed by atoms with E-state index in [1.54, 1.807) is 6.08 Å². The van der Waals surface area contributed by atoms with Crippen LogP contribution in [0.4, 0.5) is 0 Å². The topological polar surface area (TPSA) is 17.1 Å². The summed E-state index contributed by atoms with van der Waals surface area (Å²) in [6.07, 6.45) is 2.85. The molecule has 18 heavy (non-hydrogen) atoms. The standard InChI is InChI=1S/C16H26OSi/c1-11-12(2)14(4)16(13(11)3)10-15(8-9-17)18(5,6)7/h8,15-16H,10H2,1-7H3. The molecule has 1 unspecified atom stereocenters. The molecule has 0 aromatic heterocycles. The molecule has 1 nitrogen and oxygen atoms in total. The molecule has 2 heteroatoms. The first kappa shape index (κ1) is 15.2. The molecule has 0 aliphatic heterocycles. The highest BCUT2D eigenvalue weighted by Crippen LogP contribution is 2.43. The van der Waals surface area contributed by atoms with E-state index in [1.165, 1.54) is 22.3 Å². The van der Waals surface area contributed by atoms with Crippen molar-refractivity contribution in [1.82, 2.24) is 0 Å². The summed E-state index contributed by atoms with van der Waals surface area (Å²) in [5.41, 5.74) is 6.30. The van der Waals surface area contributed by atoms with Crippen LogP contribution in [0.15, 0.2) is 28.4 Å². The average molecular weight is 262 g/mol. The Labute approximate surface area is 113 Å². The van der Waals surface area contributed by atoms with Gasteiger partial charge in [0.25, 0.3) is 0 Å². The van der Waals surface area contributed by atoms with Crippen LogP contribution in [0.25, 0.3) is 0 Å². The van der Waals surface area contributed by atoms with Crippen molar-refractivity contribution in [3.05, 3.63) is 28.4 Å². The highest BCUT2D eigenvalue weighted by Gasteiger charge is 2.32. The van der Waals surface area contributed by atoms with E-state index in [1.807, 2.05) is 5.94 Å². The number of allylic oxidation sites excluding steroid dienone is 5. The van der Waals surface area contributed by atoms with E-state index >= 15 is 0 Å². The van der Waals surface area contributed by atoms with Gasteiger partial charge in [0.05, 0.1) is 8.07 Å². The molecule has 0 radical (unpaired) electrons. The summed E-state index contributed by atoms with van der Waals surface area (Å²) in [4.78, 5) is 10.7. The summed E-state index contributed by atoms with van der Waals surface area (Å²) in [6.45, 7) is 15.9. The molecule has 0 saturated carbocycles. The fraction of sp³-hybridized carbons (Fsp3) is 0.625. The first-order chi connectivity index (χ1) is 8.20. The second kappa shape index (κ2) is 5.42. The fourth-order valence-corrected chi connectivity index (χ4v) is 4.31. The lowest BCUT2D eigenvalue weighted by molar-refractivity contribution is 0.566. The van der Waals surface area contributed by atoms with E-state index in [-0.39, 0.29) is 0 Å². The molecule has 0 N–H and O–H groups in total. The van der Waals surface area contributed by atoms with E-state index < -0.39 is 8.07 Å². The third-order valence-corrected chi connectivity index (χ3v) is 7.29. The van der Waals surface area contributed by atoms with Crippen molar-refractivity contribution in [2.75, 3.05) is 0 Å². The number of carbonyl (C=O) groups excluding carboxylic acids is 1. The Morgan fingerprint density at radius 1 is 1.11 bits per heavy atom. The molecule has 1 aliphatic carbocycles. The molecule has 0 fully saturated rings. The van der Waals surface area contributed by atoms with E-state index in [2.05, 4.69) is 47.3 Å². The molecule has 1 rings (SSSR count). The zero-order valence-electron chi connectivity index (χ0n) is 12.8. The zero-order valence-corrected chi connectivity index (χ0v) is 13.8. The lowest BCUT2D eigenvalue weighted by Gasteiger charge is -2.29. The van der Waals surface area contributed by atoms with Gasteiger partial charge in [0.15, 0.2) is 0 Å².